The molecule has 1 amide bonds. The van der Waals surface area contributed by atoms with Crippen LogP contribution < -0.4 is 15.1 Å². The summed E-state index contributed by atoms with van der Waals surface area (Å²) in [6.07, 6.45) is 6.29. The summed E-state index contributed by atoms with van der Waals surface area (Å²) >= 11 is 0. The van der Waals surface area contributed by atoms with Crippen LogP contribution in [0.5, 0.6) is 0 Å². The second-order valence-corrected chi connectivity index (χ2v) is 7.70. The Labute approximate surface area is 194 Å². The first-order valence-corrected chi connectivity index (χ1v) is 10.5. The van der Waals surface area contributed by atoms with E-state index >= 15 is 0 Å². The topological polar surface area (TPSA) is 66.3 Å². The third kappa shape index (κ3) is 4.72. The quantitative estimate of drug-likeness (QED) is 0.586. The summed E-state index contributed by atoms with van der Waals surface area (Å²) in [5.74, 6) is 0.627. The molecule has 1 atom stereocenters. The van der Waals surface area contributed by atoms with Crippen LogP contribution in [0.4, 0.5) is 21.6 Å². The molecule has 2 aromatic heterocycles. The number of aromatic nitrogens is 3. The van der Waals surface area contributed by atoms with Gasteiger partial charge in [0.25, 0.3) is 0 Å². The van der Waals surface area contributed by atoms with Gasteiger partial charge < -0.3 is 15.1 Å². The van der Waals surface area contributed by atoms with E-state index in [2.05, 4.69) is 15.4 Å². The van der Waals surface area contributed by atoms with E-state index in [-0.39, 0.29) is 31.3 Å². The number of pyridine rings is 1. The summed E-state index contributed by atoms with van der Waals surface area (Å²) in [5.41, 5.74) is 3.85. The number of rotatable bonds is 7. The van der Waals surface area contributed by atoms with Crippen molar-refractivity contribution in [2.75, 3.05) is 28.7 Å². The number of amides is 1. The van der Waals surface area contributed by atoms with Crippen molar-refractivity contribution in [2.45, 2.75) is 39.4 Å². The van der Waals surface area contributed by atoms with Gasteiger partial charge in [0.05, 0.1) is 30.3 Å². The zero-order chi connectivity index (χ0) is 22.0. The van der Waals surface area contributed by atoms with Crippen molar-refractivity contribution in [2.24, 2.45) is 0 Å². The molecular weight excluding hydrogens is 427 g/mol. The average Bonchev–Trinajstić information content (AvgIpc) is 3.22. The van der Waals surface area contributed by atoms with Crippen molar-refractivity contribution < 1.29 is 9.18 Å². The molecule has 1 aromatic carbocycles. The molecule has 7 nitrogen and oxygen atoms in total. The van der Waals surface area contributed by atoms with Gasteiger partial charge in [0.15, 0.2) is 0 Å². The molecule has 0 bridgehead atoms. The second-order valence-electron chi connectivity index (χ2n) is 7.70. The molecule has 4 rings (SSSR count). The van der Waals surface area contributed by atoms with Gasteiger partial charge in [-0.1, -0.05) is 19.1 Å². The van der Waals surface area contributed by atoms with Crippen LogP contribution >= 0.6 is 13.5 Å². The van der Waals surface area contributed by atoms with Crippen LogP contribution in [0.2, 0.25) is 0 Å². The second kappa shape index (κ2) is 10.0. The standard InChI is InChI=1S/C23H27FN6O.H2S/c1-4-19-23(31)30(5-2)21-13-26-22(10-20(21)28(19)3)25-11-17-12-27-29(15-17)14-16-6-8-18(24)9-7-16;/h6-10,12-13,15,19H,4-5,11,14H2,1-3H3,(H,25,26);1H2/t19-;/m0./s1. The lowest BCUT2D eigenvalue weighted by Gasteiger charge is -2.40. The number of likely N-dealkylation sites (N-methyl/N-ethyl adjacent to an activating group) is 2. The molecule has 32 heavy (non-hydrogen) atoms. The highest BCUT2D eigenvalue weighted by Gasteiger charge is 2.34. The number of nitrogens with one attached hydrogen (secondary N) is 1. The van der Waals surface area contributed by atoms with Crippen LogP contribution in [-0.4, -0.2) is 40.3 Å². The molecule has 1 aliphatic rings. The number of anilines is 3. The van der Waals surface area contributed by atoms with Gasteiger partial charge in [-0.3, -0.25) is 9.48 Å². The SMILES string of the molecule is CC[C@H]1C(=O)N(CC)c2cnc(NCc3cnn(Cc4ccc(F)cc4)c3)cc2N1C.S. The number of carbonyl (C=O) groups excluding carboxylic acids is 1. The number of hydrogen-bond donors (Lipinski definition) is 1. The Bertz CT molecular complexity index is 1070. The first-order valence-electron chi connectivity index (χ1n) is 10.5. The Morgan fingerprint density at radius 3 is 2.53 bits per heavy atom. The van der Waals surface area contributed by atoms with E-state index < -0.39 is 0 Å². The lowest BCUT2D eigenvalue weighted by Crippen LogP contribution is -2.51. The Morgan fingerprint density at radius 1 is 1.09 bits per heavy atom. The molecule has 0 radical (unpaired) electrons. The third-order valence-corrected chi connectivity index (χ3v) is 5.67. The van der Waals surface area contributed by atoms with Crippen molar-refractivity contribution in [3.05, 3.63) is 65.9 Å². The predicted molar refractivity (Wildman–Crippen MR) is 130 cm³/mol. The highest BCUT2D eigenvalue weighted by Crippen LogP contribution is 2.36. The monoisotopic (exact) mass is 456 g/mol. The fraction of sp³-hybridized carbons (Fsp3) is 0.348. The zero-order valence-electron chi connectivity index (χ0n) is 18.5. The lowest BCUT2D eigenvalue weighted by atomic mass is 10.1. The maximum Gasteiger partial charge on any atom is 0.249 e. The molecule has 0 saturated carbocycles. The molecule has 3 heterocycles. The summed E-state index contributed by atoms with van der Waals surface area (Å²) in [5, 5.41) is 7.74. The normalized spacial score (nSPS) is 15.4. The van der Waals surface area contributed by atoms with Crippen LogP contribution in [0.3, 0.4) is 0 Å². The number of nitrogens with zero attached hydrogens (tertiary/aromatic N) is 5. The molecule has 1 aliphatic heterocycles. The first kappa shape index (κ1) is 23.6. The molecular formula is C23H29FN6OS. The zero-order valence-corrected chi connectivity index (χ0v) is 19.5. The van der Waals surface area contributed by atoms with Crippen molar-refractivity contribution in [3.8, 4) is 0 Å². The summed E-state index contributed by atoms with van der Waals surface area (Å²) in [6, 6.07) is 8.27. The molecule has 1 N–H and O–H groups in total. The van der Waals surface area contributed by atoms with E-state index in [0.29, 0.717) is 19.6 Å². The van der Waals surface area contributed by atoms with Crippen LogP contribution in [0.1, 0.15) is 31.4 Å². The summed E-state index contributed by atoms with van der Waals surface area (Å²) in [4.78, 5) is 21.1. The lowest BCUT2D eigenvalue weighted by molar-refractivity contribution is -0.120. The largest absolute Gasteiger partial charge is 0.366 e. The molecule has 9 heteroatoms. The van der Waals surface area contributed by atoms with Crippen LogP contribution in [0, 0.1) is 5.82 Å². The van der Waals surface area contributed by atoms with Crippen molar-refractivity contribution in [1.82, 2.24) is 14.8 Å². The van der Waals surface area contributed by atoms with Gasteiger partial charge in [0.1, 0.15) is 17.7 Å². The molecule has 0 saturated heterocycles. The van der Waals surface area contributed by atoms with Crippen molar-refractivity contribution in [1.29, 1.82) is 0 Å². The van der Waals surface area contributed by atoms with E-state index in [1.807, 2.05) is 48.9 Å². The molecule has 0 unspecified atom stereocenters. The third-order valence-electron chi connectivity index (χ3n) is 5.67. The molecule has 0 spiro atoms. The number of halogens is 1. The summed E-state index contributed by atoms with van der Waals surface area (Å²) in [6.45, 7) is 5.79. The average molecular weight is 457 g/mol. The maximum atomic E-state index is 13.1. The van der Waals surface area contributed by atoms with Crippen molar-refractivity contribution >= 4 is 36.6 Å². The van der Waals surface area contributed by atoms with Gasteiger partial charge in [-0.25, -0.2) is 9.37 Å². The van der Waals surface area contributed by atoms with Crippen LogP contribution in [0.15, 0.2) is 48.9 Å². The number of benzene rings is 1. The Morgan fingerprint density at radius 2 is 1.84 bits per heavy atom. The van der Waals surface area contributed by atoms with Gasteiger partial charge >= 0.3 is 0 Å². The van der Waals surface area contributed by atoms with Gasteiger partial charge in [-0.15, -0.1) is 0 Å². The Hall–Kier alpha value is -3.07. The minimum atomic E-state index is -0.242. The number of carbonyl (C=O) groups is 1. The van der Waals surface area contributed by atoms with E-state index in [9.17, 15) is 9.18 Å². The van der Waals surface area contributed by atoms with Gasteiger partial charge in [0, 0.05) is 38.0 Å². The fourth-order valence-corrected chi connectivity index (χ4v) is 3.99. The Balaban J connectivity index is 0.00000289. The molecule has 0 fully saturated rings. The Kier molecular flexibility index (Phi) is 7.40. The molecule has 0 aliphatic carbocycles. The van der Waals surface area contributed by atoms with Crippen molar-refractivity contribution in [3.63, 3.8) is 0 Å². The minimum Gasteiger partial charge on any atom is -0.366 e. The van der Waals surface area contributed by atoms with Crippen LogP contribution in [0.25, 0.3) is 0 Å². The summed E-state index contributed by atoms with van der Waals surface area (Å²) < 4.78 is 14.9. The molecule has 3 aromatic rings. The van der Waals surface area contributed by atoms with E-state index in [1.165, 1.54) is 12.1 Å². The summed E-state index contributed by atoms with van der Waals surface area (Å²) in [7, 11) is 1.96. The van der Waals surface area contributed by atoms with Gasteiger partial charge in [-0.2, -0.15) is 18.6 Å². The van der Waals surface area contributed by atoms with E-state index in [1.54, 1.807) is 23.2 Å². The maximum absolute atomic E-state index is 13.1. The van der Waals surface area contributed by atoms with Gasteiger partial charge in [0.2, 0.25) is 5.91 Å². The highest BCUT2D eigenvalue weighted by molar-refractivity contribution is 7.59. The number of fused-ring (bicyclic) bond motifs is 1. The van der Waals surface area contributed by atoms with Crippen LogP contribution in [-0.2, 0) is 17.9 Å². The fourth-order valence-electron chi connectivity index (χ4n) is 3.99. The van der Waals surface area contributed by atoms with E-state index in [4.69, 9.17) is 0 Å². The molecule has 170 valence electrons. The van der Waals surface area contributed by atoms with Gasteiger partial charge in [-0.05, 0) is 31.0 Å². The number of hydrogen-bond acceptors (Lipinski definition) is 5. The van der Waals surface area contributed by atoms with E-state index in [0.717, 1.165) is 34.7 Å². The smallest absolute Gasteiger partial charge is 0.249 e. The minimum absolute atomic E-state index is 0. The predicted octanol–water partition coefficient (Wildman–Crippen LogP) is 3.77. The highest BCUT2D eigenvalue weighted by atomic mass is 32.1. The first-order chi connectivity index (χ1) is 15.0.